The van der Waals surface area contributed by atoms with Gasteiger partial charge in [-0.3, -0.25) is 0 Å². The summed E-state index contributed by atoms with van der Waals surface area (Å²) >= 11 is 1.53. The Morgan fingerprint density at radius 3 is 2.66 bits per heavy atom. The molecule has 29 heavy (non-hydrogen) atoms. The van der Waals surface area contributed by atoms with Gasteiger partial charge in [-0.15, -0.1) is 11.3 Å². The minimum atomic E-state index is -0.347. The first-order valence-corrected chi connectivity index (χ1v) is 10.6. The largest absolute Gasteiger partial charge is 0.491 e. The fraction of sp³-hybridized carbons (Fsp3) is 0.409. The van der Waals surface area contributed by atoms with Crippen molar-refractivity contribution in [3.63, 3.8) is 0 Å². The van der Waals surface area contributed by atoms with Gasteiger partial charge in [-0.05, 0) is 62.9 Å². The number of nitrogens with one attached hydrogen (secondary N) is 1. The molecule has 2 heterocycles. The zero-order valence-electron chi connectivity index (χ0n) is 17.7. The van der Waals surface area contributed by atoms with Gasteiger partial charge in [0.1, 0.15) is 12.4 Å². The van der Waals surface area contributed by atoms with Crippen LogP contribution >= 0.6 is 11.3 Å². The molecule has 0 aliphatic carbocycles. The second-order valence-electron chi connectivity index (χ2n) is 8.21. The molecule has 1 aromatic carbocycles. The second kappa shape index (κ2) is 8.88. The van der Waals surface area contributed by atoms with Crippen molar-refractivity contribution in [3.8, 4) is 17.0 Å². The number of ether oxygens (including phenoxy) is 1. The van der Waals surface area contributed by atoms with Gasteiger partial charge in [0, 0.05) is 22.7 Å². The first-order chi connectivity index (χ1) is 13.7. The van der Waals surface area contributed by atoms with Crippen molar-refractivity contribution >= 4 is 22.4 Å². The minimum Gasteiger partial charge on any atom is -0.491 e. The van der Waals surface area contributed by atoms with Crippen LogP contribution in [0.1, 0.15) is 38.4 Å². The maximum atomic E-state index is 6.36. The predicted octanol–water partition coefficient (Wildman–Crippen LogP) is 5.10. The van der Waals surface area contributed by atoms with E-state index in [1.165, 1.54) is 11.3 Å². The Morgan fingerprint density at radius 2 is 2.00 bits per heavy atom. The van der Waals surface area contributed by atoms with E-state index in [0.717, 1.165) is 39.8 Å². The molecule has 3 rings (SSSR count). The molecule has 1 atom stereocenters. The Bertz CT molecular complexity index is 967. The number of benzene rings is 1. The fourth-order valence-electron chi connectivity index (χ4n) is 3.29. The van der Waals surface area contributed by atoms with E-state index in [-0.39, 0.29) is 5.54 Å². The van der Waals surface area contributed by atoms with Crippen molar-refractivity contribution in [1.82, 2.24) is 15.0 Å². The summed E-state index contributed by atoms with van der Waals surface area (Å²) in [6.45, 7) is 10.9. The molecule has 154 valence electrons. The molecule has 0 saturated carbocycles. The topological polar surface area (TPSA) is 86.0 Å². The van der Waals surface area contributed by atoms with E-state index in [2.05, 4.69) is 40.2 Å². The standard InChI is InChI=1S/C22H29N5OS/c1-14(2)11-22(5,23)13-28-19-7-6-17(10-15(19)3)18-8-9-24-20(26-18)27-21-25-16(4)12-29-21/h6-10,12,14H,11,13,23H2,1-5H3,(H,24,25,26,27)/t22-/m0/s1. The number of hydrogen-bond donors (Lipinski definition) is 2. The van der Waals surface area contributed by atoms with Crippen LogP contribution in [0, 0.1) is 19.8 Å². The van der Waals surface area contributed by atoms with E-state index < -0.39 is 0 Å². The highest BCUT2D eigenvalue weighted by Crippen LogP contribution is 2.27. The Balaban J connectivity index is 1.72. The lowest BCUT2D eigenvalue weighted by Gasteiger charge is -2.27. The summed E-state index contributed by atoms with van der Waals surface area (Å²) in [6, 6.07) is 7.96. The highest BCUT2D eigenvalue weighted by molar-refractivity contribution is 7.13. The smallest absolute Gasteiger partial charge is 0.229 e. The monoisotopic (exact) mass is 411 g/mol. The van der Waals surface area contributed by atoms with Gasteiger partial charge >= 0.3 is 0 Å². The molecule has 2 aromatic heterocycles. The maximum Gasteiger partial charge on any atom is 0.229 e. The summed E-state index contributed by atoms with van der Waals surface area (Å²) in [7, 11) is 0. The Morgan fingerprint density at radius 1 is 1.21 bits per heavy atom. The molecular weight excluding hydrogens is 382 g/mol. The lowest BCUT2D eigenvalue weighted by Crippen LogP contribution is -2.43. The van der Waals surface area contributed by atoms with Crippen molar-refractivity contribution in [2.75, 3.05) is 11.9 Å². The van der Waals surface area contributed by atoms with Crippen LogP contribution in [-0.2, 0) is 0 Å². The molecule has 3 N–H and O–H groups in total. The zero-order chi connectivity index (χ0) is 21.0. The molecule has 6 nitrogen and oxygen atoms in total. The molecule has 7 heteroatoms. The average molecular weight is 412 g/mol. The Labute approximate surface area is 176 Å². The molecule has 0 aliphatic rings. The van der Waals surface area contributed by atoms with Crippen LogP contribution in [0.25, 0.3) is 11.3 Å². The number of anilines is 2. The van der Waals surface area contributed by atoms with E-state index in [0.29, 0.717) is 18.5 Å². The first kappa shape index (κ1) is 21.2. The van der Waals surface area contributed by atoms with Crippen molar-refractivity contribution < 1.29 is 4.74 Å². The van der Waals surface area contributed by atoms with Gasteiger partial charge in [-0.1, -0.05) is 13.8 Å². The van der Waals surface area contributed by atoms with Crippen LogP contribution in [0.15, 0.2) is 35.8 Å². The van der Waals surface area contributed by atoms with Gasteiger partial charge in [0.2, 0.25) is 5.95 Å². The van der Waals surface area contributed by atoms with Crippen molar-refractivity contribution in [1.29, 1.82) is 0 Å². The van der Waals surface area contributed by atoms with Crippen LogP contribution in [-0.4, -0.2) is 27.1 Å². The third kappa shape index (κ3) is 5.98. The summed E-state index contributed by atoms with van der Waals surface area (Å²) in [6.07, 6.45) is 2.66. The van der Waals surface area contributed by atoms with Gasteiger partial charge in [-0.2, -0.15) is 0 Å². The molecule has 0 aliphatic heterocycles. The molecule has 0 spiro atoms. The normalized spacial score (nSPS) is 13.3. The molecule has 0 radical (unpaired) electrons. The van der Waals surface area contributed by atoms with Crippen molar-refractivity contribution in [2.45, 2.75) is 46.6 Å². The third-order valence-corrected chi connectivity index (χ3v) is 5.27. The molecule has 0 saturated heterocycles. The highest BCUT2D eigenvalue weighted by atomic mass is 32.1. The van der Waals surface area contributed by atoms with Gasteiger partial charge in [0.05, 0.1) is 11.4 Å². The van der Waals surface area contributed by atoms with Crippen molar-refractivity contribution in [2.24, 2.45) is 11.7 Å². The van der Waals surface area contributed by atoms with E-state index >= 15 is 0 Å². The number of hydrogen-bond acceptors (Lipinski definition) is 7. The average Bonchev–Trinajstić information content (AvgIpc) is 3.04. The maximum absolute atomic E-state index is 6.36. The number of thiazole rings is 1. The first-order valence-electron chi connectivity index (χ1n) is 9.77. The van der Waals surface area contributed by atoms with Gasteiger partial charge in [0.25, 0.3) is 0 Å². The summed E-state index contributed by atoms with van der Waals surface area (Å²) in [5.41, 5.74) is 9.89. The fourth-order valence-corrected chi connectivity index (χ4v) is 3.97. The zero-order valence-corrected chi connectivity index (χ0v) is 18.5. The van der Waals surface area contributed by atoms with Gasteiger partial charge in [-0.25, -0.2) is 15.0 Å². The Hall–Kier alpha value is -2.51. The summed E-state index contributed by atoms with van der Waals surface area (Å²) in [5, 5.41) is 5.93. The number of aryl methyl sites for hydroxylation is 2. The van der Waals surface area contributed by atoms with Crippen LogP contribution in [0.2, 0.25) is 0 Å². The lowest BCUT2D eigenvalue weighted by molar-refractivity contribution is 0.206. The molecular formula is C22H29N5OS. The number of rotatable bonds is 8. The van der Waals surface area contributed by atoms with Gasteiger partial charge in [0.15, 0.2) is 5.13 Å². The highest BCUT2D eigenvalue weighted by Gasteiger charge is 2.21. The number of nitrogens with two attached hydrogens (primary N) is 1. The van der Waals surface area contributed by atoms with Crippen molar-refractivity contribution in [3.05, 3.63) is 47.1 Å². The molecule has 0 unspecified atom stereocenters. The molecule has 3 aromatic rings. The minimum absolute atomic E-state index is 0.347. The van der Waals surface area contributed by atoms with E-state index in [1.807, 2.05) is 44.4 Å². The molecule has 0 bridgehead atoms. The van der Waals surface area contributed by atoms with E-state index in [9.17, 15) is 0 Å². The molecule has 0 amide bonds. The van der Waals surface area contributed by atoms with E-state index in [4.69, 9.17) is 10.5 Å². The SMILES string of the molecule is Cc1csc(Nc2nccc(-c3ccc(OC[C@@](C)(N)CC(C)C)c(C)c3)n2)n1. The van der Waals surface area contributed by atoms with Crippen LogP contribution in [0.4, 0.5) is 11.1 Å². The summed E-state index contributed by atoms with van der Waals surface area (Å²) < 4.78 is 6.02. The number of aromatic nitrogens is 3. The van der Waals surface area contributed by atoms with Crippen LogP contribution in [0.5, 0.6) is 5.75 Å². The van der Waals surface area contributed by atoms with Crippen LogP contribution in [0.3, 0.4) is 0 Å². The lowest BCUT2D eigenvalue weighted by atomic mass is 9.93. The second-order valence-corrected chi connectivity index (χ2v) is 9.06. The molecule has 0 fully saturated rings. The van der Waals surface area contributed by atoms with Gasteiger partial charge < -0.3 is 15.8 Å². The third-order valence-electron chi connectivity index (χ3n) is 4.40. The summed E-state index contributed by atoms with van der Waals surface area (Å²) in [4.78, 5) is 13.3. The summed E-state index contributed by atoms with van der Waals surface area (Å²) in [5.74, 6) is 1.91. The van der Waals surface area contributed by atoms with E-state index in [1.54, 1.807) is 6.20 Å². The Kier molecular flexibility index (Phi) is 6.49. The quantitative estimate of drug-likeness (QED) is 0.536. The predicted molar refractivity (Wildman–Crippen MR) is 120 cm³/mol. The van der Waals surface area contributed by atoms with Crippen LogP contribution < -0.4 is 15.8 Å². The number of nitrogens with zero attached hydrogens (tertiary/aromatic N) is 3.